The molecule has 0 bridgehead atoms. The van der Waals surface area contributed by atoms with E-state index in [1.54, 1.807) is 10.7 Å². The van der Waals surface area contributed by atoms with Crippen molar-refractivity contribution in [3.05, 3.63) is 72.1 Å². The highest BCUT2D eigenvalue weighted by Gasteiger charge is 2.29. The van der Waals surface area contributed by atoms with Crippen LogP contribution in [0, 0.1) is 0 Å². The van der Waals surface area contributed by atoms with Crippen molar-refractivity contribution in [2.45, 2.75) is 19.0 Å². The maximum atomic E-state index is 12.2. The lowest BCUT2D eigenvalue weighted by atomic mass is 10.0. The molecule has 3 aromatic rings. The first-order valence-corrected chi connectivity index (χ1v) is 8.92. The first-order valence-electron chi connectivity index (χ1n) is 8.92. The van der Waals surface area contributed by atoms with Crippen LogP contribution in [0.15, 0.2) is 60.9 Å². The number of rotatable bonds is 6. The van der Waals surface area contributed by atoms with Gasteiger partial charge in [0, 0.05) is 12.1 Å². The number of hydrogen-bond acceptors (Lipinski definition) is 5. The molecule has 8 heteroatoms. The van der Waals surface area contributed by atoms with E-state index in [9.17, 15) is 9.59 Å². The Morgan fingerprint density at radius 3 is 2.82 bits per heavy atom. The molecule has 1 unspecified atom stereocenters. The second kappa shape index (κ2) is 7.91. The van der Waals surface area contributed by atoms with Crippen molar-refractivity contribution in [1.29, 1.82) is 0 Å². The molecule has 28 heavy (non-hydrogen) atoms. The highest BCUT2D eigenvalue weighted by Crippen LogP contribution is 2.33. The summed E-state index contributed by atoms with van der Waals surface area (Å²) >= 11 is 0. The van der Waals surface area contributed by atoms with E-state index < -0.39 is 0 Å². The van der Waals surface area contributed by atoms with Gasteiger partial charge in [-0.15, -0.1) is 0 Å². The largest absolute Gasteiger partial charge is 0.483 e. The predicted octanol–water partition coefficient (Wildman–Crippen LogP) is 1.90. The number of aromatic nitrogens is 3. The number of para-hydroxylation sites is 1. The summed E-state index contributed by atoms with van der Waals surface area (Å²) in [5.74, 6) is 0.581. The van der Waals surface area contributed by atoms with E-state index in [2.05, 4.69) is 20.7 Å². The molecule has 0 saturated carbocycles. The highest BCUT2D eigenvalue weighted by atomic mass is 16.5. The number of carbonyl (C=O) groups excluding carboxylic acids is 2. The number of benzene rings is 2. The summed E-state index contributed by atoms with van der Waals surface area (Å²) in [6.07, 6.45) is 1.62. The van der Waals surface area contributed by atoms with E-state index in [0.29, 0.717) is 18.2 Å². The fourth-order valence-electron chi connectivity index (χ4n) is 3.13. The molecule has 2 amide bonds. The van der Waals surface area contributed by atoms with Gasteiger partial charge >= 0.3 is 0 Å². The first-order chi connectivity index (χ1) is 13.7. The molecule has 0 saturated heterocycles. The molecule has 1 aromatic heterocycles. The zero-order valence-electron chi connectivity index (χ0n) is 15.0. The third-order valence-electron chi connectivity index (χ3n) is 4.47. The van der Waals surface area contributed by atoms with Gasteiger partial charge < -0.3 is 10.1 Å². The average Bonchev–Trinajstić information content (AvgIpc) is 3.19. The van der Waals surface area contributed by atoms with Gasteiger partial charge in [-0.2, -0.15) is 10.1 Å². The van der Waals surface area contributed by atoms with Crippen LogP contribution in [-0.4, -0.2) is 33.2 Å². The third-order valence-corrected chi connectivity index (χ3v) is 4.47. The first kappa shape index (κ1) is 17.7. The molecule has 142 valence electrons. The topological polar surface area (TPSA) is 98.1 Å². The molecule has 0 spiro atoms. The summed E-state index contributed by atoms with van der Waals surface area (Å²) in [7, 11) is 0. The third kappa shape index (κ3) is 3.85. The van der Waals surface area contributed by atoms with Crippen LogP contribution in [0.3, 0.4) is 0 Å². The van der Waals surface area contributed by atoms with Crippen molar-refractivity contribution < 1.29 is 14.3 Å². The van der Waals surface area contributed by atoms with Crippen molar-refractivity contribution in [2.24, 2.45) is 0 Å². The molecule has 4 rings (SSSR count). The summed E-state index contributed by atoms with van der Waals surface area (Å²) < 4.78 is 7.41. The minimum atomic E-state index is -0.338. The number of amides is 2. The zero-order chi connectivity index (χ0) is 19.3. The molecule has 8 nitrogen and oxygen atoms in total. The molecule has 2 heterocycles. The Balaban J connectivity index is 1.44. The zero-order valence-corrected chi connectivity index (χ0v) is 15.0. The van der Waals surface area contributed by atoms with Crippen LogP contribution in [0.25, 0.3) is 0 Å². The van der Waals surface area contributed by atoms with Gasteiger partial charge in [-0.1, -0.05) is 48.5 Å². The van der Waals surface area contributed by atoms with Crippen LogP contribution in [0.1, 0.15) is 23.6 Å². The maximum Gasteiger partial charge on any atom is 0.258 e. The predicted molar refractivity (Wildman–Crippen MR) is 102 cm³/mol. The van der Waals surface area contributed by atoms with Crippen molar-refractivity contribution in [1.82, 2.24) is 20.1 Å². The lowest BCUT2D eigenvalue weighted by Gasteiger charge is -2.25. The Morgan fingerprint density at radius 1 is 1.18 bits per heavy atom. The Kier molecular flexibility index (Phi) is 5.01. The Hall–Kier alpha value is -3.68. The molecule has 0 aliphatic carbocycles. The van der Waals surface area contributed by atoms with Gasteiger partial charge in [-0.3, -0.25) is 14.9 Å². The number of carbonyl (C=O) groups is 2. The molecule has 0 fully saturated rings. The Bertz CT molecular complexity index is 986. The summed E-state index contributed by atoms with van der Waals surface area (Å²) in [6, 6.07) is 16.7. The summed E-state index contributed by atoms with van der Waals surface area (Å²) in [5.41, 5.74) is 1.79. The molecular weight excluding hydrogens is 358 g/mol. The monoisotopic (exact) mass is 377 g/mol. The molecule has 1 aliphatic heterocycles. The van der Waals surface area contributed by atoms with Gasteiger partial charge in [0.15, 0.2) is 6.61 Å². The van der Waals surface area contributed by atoms with E-state index in [0.717, 1.165) is 11.1 Å². The van der Waals surface area contributed by atoms with Crippen LogP contribution in [0.2, 0.25) is 0 Å². The lowest BCUT2D eigenvalue weighted by molar-refractivity contribution is -0.123. The molecule has 0 radical (unpaired) electrons. The number of hydrogen-bond donors (Lipinski definition) is 2. The normalized spacial score (nSPS) is 15.4. The second-order valence-electron chi connectivity index (χ2n) is 6.39. The van der Waals surface area contributed by atoms with Gasteiger partial charge in [-0.25, -0.2) is 4.68 Å². The second-order valence-corrected chi connectivity index (χ2v) is 6.39. The smallest absolute Gasteiger partial charge is 0.258 e. The number of anilines is 1. The Labute approximate surface area is 161 Å². The van der Waals surface area contributed by atoms with Crippen LogP contribution in [0.4, 0.5) is 5.95 Å². The van der Waals surface area contributed by atoms with Gasteiger partial charge in [0.25, 0.3) is 5.91 Å². The quantitative estimate of drug-likeness (QED) is 0.684. The molecule has 2 N–H and O–H groups in total. The van der Waals surface area contributed by atoms with E-state index in [4.69, 9.17) is 4.74 Å². The summed E-state index contributed by atoms with van der Waals surface area (Å²) in [4.78, 5) is 28.2. The highest BCUT2D eigenvalue weighted by molar-refractivity contribution is 5.91. The number of fused-ring (bicyclic) bond motifs is 1. The van der Waals surface area contributed by atoms with Gasteiger partial charge in [0.2, 0.25) is 11.9 Å². The van der Waals surface area contributed by atoms with Crippen LogP contribution in [0.5, 0.6) is 5.75 Å². The van der Waals surface area contributed by atoms with Crippen molar-refractivity contribution in [3.63, 3.8) is 0 Å². The summed E-state index contributed by atoms with van der Waals surface area (Å²) in [6.45, 7) is 0.322. The van der Waals surface area contributed by atoms with Crippen molar-refractivity contribution >= 4 is 17.8 Å². The molecule has 1 atom stereocenters. The van der Waals surface area contributed by atoms with Crippen LogP contribution >= 0.6 is 0 Å². The number of nitrogens with zero attached hydrogens (tertiary/aromatic N) is 3. The number of ether oxygens (including phenoxy) is 1. The van der Waals surface area contributed by atoms with E-state index in [1.165, 1.54) is 6.33 Å². The van der Waals surface area contributed by atoms with Crippen molar-refractivity contribution in [2.75, 3.05) is 11.9 Å². The summed E-state index contributed by atoms with van der Waals surface area (Å²) in [5, 5.41) is 9.72. The van der Waals surface area contributed by atoms with Gasteiger partial charge in [0.1, 0.15) is 12.1 Å². The fraction of sp³-hybridized carbons (Fsp3) is 0.200. The number of nitrogens with one attached hydrogen (secondary N) is 2. The van der Waals surface area contributed by atoms with E-state index in [1.807, 2.05) is 48.5 Å². The Morgan fingerprint density at radius 2 is 1.96 bits per heavy atom. The standard InChI is InChI=1S/C20H19N5O3/c26-18-10-16(25-20(24-18)22-13-23-25)15-8-4-5-9-17(15)28-12-19(27)21-11-14-6-2-1-3-7-14/h1-9,13,16H,10-12H2,(H,21,27)(H,22,23,24,26). The average molecular weight is 377 g/mol. The molecule has 2 aromatic carbocycles. The molecule has 1 aliphatic rings. The fourth-order valence-corrected chi connectivity index (χ4v) is 3.13. The SMILES string of the molecule is O=C(COc1ccccc1C1CC(=O)Nc2ncnn21)NCc1ccccc1. The van der Waals surface area contributed by atoms with Crippen molar-refractivity contribution in [3.8, 4) is 5.75 Å². The van der Waals surface area contributed by atoms with Gasteiger partial charge in [-0.05, 0) is 11.6 Å². The van der Waals surface area contributed by atoms with Gasteiger partial charge in [0.05, 0.1) is 12.5 Å². The minimum absolute atomic E-state index is 0.118. The molecular formula is C20H19N5O3. The minimum Gasteiger partial charge on any atom is -0.483 e. The lowest BCUT2D eigenvalue weighted by Crippen LogP contribution is -2.30. The van der Waals surface area contributed by atoms with Crippen LogP contribution in [-0.2, 0) is 16.1 Å². The van der Waals surface area contributed by atoms with Crippen LogP contribution < -0.4 is 15.4 Å². The van der Waals surface area contributed by atoms with E-state index >= 15 is 0 Å². The van der Waals surface area contributed by atoms with E-state index in [-0.39, 0.29) is 30.9 Å². The maximum absolute atomic E-state index is 12.2.